The lowest BCUT2D eigenvalue weighted by Crippen LogP contribution is -2.58. The van der Waals surface area contributed by atoms with Crippen molar-refractivity contribution >= 4 is 0 Å². The number of nitrogens with one attached hydrogen (secondary N) is 1. The van der Waals surface area contributed by atoms with Crippen LogP contribution in [0.15, 0.2) is 11.6 Å². The lowest BCUT2D eigenvalue weighted by atomic mass is 9.68. The molecule has 2 heteroatoms. The fraction of sp³-hybridized carbons (Fsp3) is 0.867. The number of hydrogen-bond acceptors (Lipinski definition) is 2. The molecule has 0 amide bonds. The van der Waals surface area contributed by atoms with Crippen LogP contribution in [-0.2, 0) is 0 Å². The van der Waals surface area contributed by atoms with Crippen molar-refractivity contribution in [2.24, 2.45) is 11.8 Å². The van der Waals surface area contributed by atoms with Gasteiger partial charge < -0.3 is 5.32 Å². The Labute approximate surface area is 104 Å². The number of rotatable bonds is 0. The third kappa shape index (κ3) is 1.68. The average molecular weight is 232 g/mol. The molecule has 2 unspecified atom stereocenters. The van der Waals surface area contributed by atoms with Gasteiger partial charge in [0.05, 0.1) is 0 Å². The van der Waals surface area contributed by atoms with Crippen molar-refractivity contribution in [3.63, 3.8) is 0 Å². The molecule has 3 aliphatic heterocycles. The summed E-state index contributed by atoms with van der Waals surface area (Å²) in [6, 6.07) is 1.64. The van der Waals surface area contributed by atoms with E-state index in [1.54, 1.807) is 5.57 Å². The smallest absolute Gasteiger partial charge is 0.0320 e. The van der Waals surface area contributed by atoms with E-state index in [0.29, 0.717) is 0 Å². The van der Waals surface area contributed by atoms with Gasteiger partial charge in [0.15, 0.2) is 0 Å². The van der Waals surface area contributed by atoms with Crippen LogP contribution in [0.3, 0.4) is 0 Å². The van der Waals surface area contributed by atoms with Crippen LogP contribution < -0.4 is 5.32 Å². The van der Waals surface area contributed by atoms with Crippen LogP contribution in [-0.4, -0.2) is 36.6 Å². The first kappa shape index (κ1) is 10.6. The summed E-state index contributed by atoms with van der Waals surface area (Å²) < 4.78 is 0. The van der Waals surface area contributed by atoms with Crippen LogP contribution in [0.4, 0.5) is 0 Å². The molecule has 0 aromatic heterocycles. The fourth-order valence-electron chi connectivity index (χ4n) is 4.80. The molecule has 1 aliphatic carbocycles. The SMILES string of the molecule is C1=C2CCCNC2[C@@H]2C[C@@H]1C1CCCCN1C2. The second-order valence-corrected chi connectivity index (χ2v) is 6.49. The van der Waals surface area contributed by atoms with Crippen molar-refractivity contribution in [2.45, 2.75) is 50.6 Å². The van der Waals surface area contributed by atoms with Crippen LogP contribution in [0.5, 0.6) is 0 Å². The Hall–Kier alpha value is -0.340. The molecule has 3 fully saturated rings. The van der Waals surface area contributed by atoms with E-state index < -0.39 is 0 Å². The molecule has 0 aromatic carbocycles. The Morgan fingerprint density at radius 2 is 2.24 bits per heavy atom. The van der Waals surface area contributed by atoms with Crippen molar-refractivity contribution in [1.82, 2.24) is 10.2 Å². The molecule has 3 heterocycles. The number of nitrogens with zero attached hydrogens (tertiary/aromatic N) is 1. The Morgan fingerprint density at radius 3 is 3.24 bits per heavy atom. The molecule has 2 bridgehead atoms. The first-order valence-electron chi connectivity index (χ1n) is 7.60. The summed E-state index contributed by atoms with van der Waals surface area (Å²) in [4.78, 5) is 2.81. The minimum atomic E-state index is 0.739. The molecule has 2 nitrogen and oxygen atoms in total. The quantitative estimate of drug-likeness (QED) is 0.644. The first-order valence-corrected chi connectivity index (χ1v) is 7.60. The molecular weight excluding hydrogens is 208 g/mol. The van der Waals surface area contributed by atoms with Crippen LogP contribution in [0, 0.1) is 11.8 Å². The number of fused-ring (bicyclic) bond motifs is 6. The lowest BCUT2D eigenvalue weighted by Gasteiger charge is -2.52. The van der Waals surface area contributed by atoms with Gasteiger partial charge in [-0.3, -0.25) is 4.90 Å². The zero-order chi connectivity index (χ0) is 11.2. The molecule has 0 spiro atoms. The predicted molar refractivity (Wildman–Crippen MR) is 69.9 cm³/mol. The Balaban J connectivity index is 1.64. The van der Waals surface area contributed by atoms with Crippen molar-refractivity contribution in [3.05, 3.63) is 11.6 Å². The van der Waals surface area contributed by atoms with E-state index in [1.165, 1.54) is 58.2 Å². The standard InChI is InChI=1S/C15H24N2/c1-2-7-17-10-13-9-12(14(17)5-1)8-11-4-3-6-16-15(11)13/h8,12-16H,1-7,9-10H2/t12-,13-,14?,15?/m1/s1. The van der Waals surface area contributed by atoms with Gasteiger partial charge in [0.25, 0.3) is 0 Å². The first-order chi connectivity index (χ1) is 8.42. The normalized spacial score (nSPS) is 45.8. The van der Waals surface area contributed by atoms with Crippen LogP contribution in [0.25, 0.3) is 0 Å². The van der Waals surface area contributed by atoms with Gasteiger partial charge in [-0.05, 0) is 57.0 Å². The maximum Gasteiger partial charge on any atom is 0.0320 e. The highest BCUT2D eigenvalue weighted by Gasteiger charge is 2.43. The molecule has 1 N–H and O–H groups in total. The van der Waals surface area contributed by atoms with Crippen molar-refractivity contribution < 1.29 is 0 Å². The monoisotopic (exact) mass is 232 g/mol. The summed E-state index contributed by atoms with van der Waals surface area (Å²) >= 11 is 0. The maximum absolute atomic E-state index is 3.78. The molecule has 0 aromatic rings. The zero-order valence-corrected chi connectivity index (χ0v) is 10.7. The van der Waals surface area contributed by atoms with Crippen molar-refractivity contribution in [1.29, 1.82) is 0 Å². The molecule has 3 saturated heterocycles. The molecule has 4 aliphatic rings. The third-order valence-corrected chi connectivity index (χ3v) is 5.51. The van der Waals surface area contributed by atoms with Gasteiger partial charge in [0.2, 0.25) is 0 Å². The largest absolute Gasteiger partial charge is 0.310 e. The second kappa shape index (κ2) is 4.10. The highest BCUT2D eigenvalue weighted by molar-refractivity contribution is 5.23. The topological polar surface area (TPSA) is 15.3 Å². The zero-order valence-electron chi connectivity index (χ0n) is 10.7. The van der Waals surface area contributed by atoms with E-state index in [4.69, 9.17) is 0 Å². The molecule has 0 radical (unpaired) electrons. The Morgan fingerprint density at radius 1 is 1.24 bits per heavy atom. The van der Waals surface area contributed by atoms with Gasteiger partial charge in [0, 0.05) is 18.6 Å². The minimum absolute atomic E-state index is 0.739. The van der Waals surface area contributed by atoms with Gasteiger partial charge >= 0.3 is 0 Å². The molecular formula is C15H24N2. The van der Waals surface area contributed by atoms with E-state index >= 15 is 0 Å². The molecule has 4 rings (SSSR count). The third-order valence-electron chi connectivity index (χ3n) is 5.51. The Kier molecular flexibility index (Phi) is 2.55. The highest BCUT2D eigenvalue weighted by atomic mass is 15.2. The van der Waals surface area contributed by atoms with Gasteiger partial charge in [-0.15, -0.1) is 0 Å². The summed E-state index contributed by atoms with van der Waals surface area (Å²) in [6.45, 7) is 3.98. The van der Waals surface area contributed by atoms with Crippen LogP contribution >= 0.6 is 0 Å². The van der Waals surface area contributed by atoms with Gasteiger partial charge in [-0.25, -0.2) is 0 Å². The molecule has 0 saturated carbocycles. The van der Waals surface area contributed by atoms with Crippen LogP contribution in [0.1, 0.15) is 38.5 Å². The summed E-state index contributed by atoms with van der Waals surface area (Å²) in [5, 5.41) is 3.78. The number of piperidine rings is 3. The van der Waals surface area contributed by atoms with Gasteiger partial charge in [0.1, 0.15) is 0 Å². The summed E-state index contributed by atoms with van der Waals surface area (Å²) in [7, 11) is 0. The maximum atomic E-state index is 3.78. The van der Waals surface area contributed by atoms with E-state index in [-0.39, 0.29) is 0 Å². The predicted octanol–water partition coefficient (Wildman–Crippen LogP) is 2.17. The Bertz CT molecular complexity index is 336. The van der Waals surface area contributed by atoms with Crippen molar-refractivity contribution in [3.8, 4) is 0 Å². The molecule has 94 valence electrons. The molecule has 4 atom stereocenters. The van der Waals surface area contributed by atoms with Crippen LogP contribution in [0.2, 0.25) is 0 Å². The molecule has 17 heavy (non-hydrogen) atoms. The van der Waals surface area contributed by atoms with E-state index in [1.807, 2.05) is 0 Å². The number of hydrogen-bond donors (Lipinski definition) is 1. The van der Waals surface area contributed by atoms with Gasteiger partial charge in [-0.1, -0.05) is 18.1 Å². The van der Waals surface area contributed by atoms with Gasteiger partial charge in [-0.2, -0.15) is 0 Å². The van der Waals surface area contributed by atoms with E-state index in [2.05, 4.69) is 16.3 Å². The van der Waals surface area contributed by atoms with E-state index in [9.17, 15) is 0 Å². The summed E-state index contributed by atoms with van der Waals surface area (Å²) in [5.41, 5.74) is 1.77. The van der Waals surface area contributed by atoms with E-state index in [0.717, 1.165) is 23.9 Å². The summed E-state index contributed by atoms with van der Waals surface area (Å²) in [5.74, 6) is 1.80. The lowest BCUT2D eigenvalue weighted by molar-refractivity contribution is 0.0271. The summed E-state index contributed by atoms with van der Waals surface area (Å²) in [6.07, 6.45) is 11.2. The van der Waals surface area contributed by atoms with Crippen molar-refractivity contribution in [2.75, 3.05) is 19.6 Å². The minimum Gasteiger partial charge on any atom is -0.310 e. The second-order valence-electron chi connectivity index (χ2n) is 6.49. The fourth-order valence-corrected chi connectivity index (χ4v) is 4.80. The average Bonchev–Trinajstić information content (AvgIpc) is 2.39. The highest BCUT2D eigenvalue weighted by Crippen LogP contribution is 2.42.